The third kappa shape index (κ3) is 3.68. The summed E-state index contributed by atoms with van der Waals surface area (Å²) in [5, 5.41) is 14.0. The molecule has 1 amide bonds. The molecule has 2 aromatic rings. The van der Waals surface area contributed by atoms with E-state index in [2.05, 4.69) is 5.32 Å². The molecule has 0 bridgehead atoms. The molecule has 3 rings (SSSR count). The zero-order chi connectivity index (χ0) is 16.2. The van der Waals surface area contributed by atoms with Crippen molar-refractivity contribution in [3.8, 4) is 0 Å². The quantitative estimate of drug-likeness (QED) is 0.768. The first-order valence-electron chi connectivity index (χ1n) is 7.79. The maximum Gasteiger partial charge on any atom is 0.252 e. The van der Waals surface area contributed by atoms with Crippen LogP contribution in [0.15, 0.2) is 41.8 Å². The van der Waals surface area contributed by atoms with Gasteiger partial charge >= 0.3 is 0 Å². The number of thiophene rings is 1. The second-order valence-corrected chi connectivity index (χ2v) is 6.73. The molecule has 0 radical (unpaired) electrons. The Bertz CT molecular complexity index is 692. The summed E-state index contributed by atoms with van der Waals surface area (Å²) in [7, 11) is 0. The molecular formula is C18H19NO3S. The number of benzene rings is 1. The Morgan fingerprint density at radius 2 is 1.91 bits per heavy atom. The van der Waals surface area contributed by atoms with Crippen LogP contribution in [-0.4, -0.2) is 29.4 Å². The van der Waals surface area contributed by atoms with Crippen LogP contribution in [0.2, 0.25) is 0 Å². The van der Waals surface area contributed by atoms with E-state index < -0.39 is 0 Å². The van der Waals surface area contributed by atoms with Crippen LogP contribution in [0, 0.1) is 5.92 Å². The molecule has 1 fully saturated rings. The number of hydrogen-bond acceptors (Lipinski definition) is 4. The van der Waals surface area contributed by atoms with E-state index in [0.717, 1.165) is 12.8 Å². The monoisotopic (exact) mass is 329 g/mol. The lowest BCUT2D eigenvalue weighted by molar-refractivity contribution is 0.0915. The molecule has 1 heterocycles. The lowest BCUT2D eigenvalue weighted by Gasteiger charge is -2.18. The van der Waals surface area contributed by atoms with Crippen LogP contribution in [-0.2, 0) is 0 Å². The molecule has 120 valence electrons. The SMILES string of the molecule is O=C(NC(CCO)C1CC1)c1ccccc1C(=O)c1cccs1. The Labute approximate surface area is 139 Å². The summed E-state index contributed by atoms with van der Waals surface area (Å²) >= 11 is 1.37. The van der Waals surface area contributed by atoms with Crippen LogP contribution < -0.4 is 5.32 Å². The Morgan fingerprint density at radius 3 is 2.52 bits per heavy atom. The average Bonchev–Trinajstić information content (AvgIpc) is 3.28. The largest absolute Gasteiger partial charge is 0.396 e. The van der Waals surface area contributed by atoms with Gasteiger partial charge in [-0.1, -0.05) is 24.3 Å². The number of carbonyl (C=O) groups is 2. The van der Waals surface area contributed by atoms with Crippen molar-refractivity contribution in [1.82, 2.24) is 5.32 Å². The number of aliphatic hydroxyl groups is 1. The molecule has 1 aliphatic rings. The van der Waals surface area contributed by atoms with E-state index in [0.29, 0.717) is 28.3 Å². The van der Waals surface area contributed by atoms with Crippen LogP contribution in [0.25, 0.3) is 0 Å². The second kappa shape index (κ2) is 7.06. The fourth-order valence-electron chi connectivity index (χ4n) is 2.73. The highest BCUT2D eigenvalue weighted by Crippen LogP contribution is 2.34. The summed E-state index contributed by atoms with van der Waals surface area (Å²) in [6.07, 6.45) is 2.72. The van der Waals surface area contributed by atoms with Gasteiger partial charge in [-0.15, -0.1) is 11.3 Å². The Kier molecular flexibility index (Phi) is 4.88. The van der Waals surface area contributed by atoms with Crippen LogP contribution in [0.3, 0.4) is 0 Å². The first-order valence-corrected chi connectivity index (χ1v) is 8.67. The number of ketones is 1. The Morgan fingerprint density at radius 1 is 1.17 bits per heavy atom. The normalized spacial score (nSPS) is 15.2. The molecule has 0 spiro atoms. The number of nitrogens with one attached hydrogen (secondary N) is 1. The van der Waals surface area contributed by atoms with E-state index >= 15 is 0 Å². The number of carbonyl (C=O) groups excluding carboxylic acids is 2. The third-order valence-corrected chi connectivity index (χ3v) is 4.98. The lowest BCUT2D eigenvalue weighted by atomic mass is 10.0. The van der Waals surface area contributed by atoms with Crippen molar-refractivity contribution in [2.24, 2.45) is 5.92 Å². The molecule has 0 aliphatic heterocycles. The van der Waals surface area contributed by atoms with E-state index in [1.807, 2.05) is 11.4 Å². The van der Waals surface area contributed by atoms with Crippen LogP contribution >= 0.6 is 11.3 Å². The topological polar surface area (TPSA) is 66.4 Å². The molecule has 23 heavy (non-hydrogen) atoms. The van der Waals surface area contributed by atoms with E-state index in [1.165, 1.54) is 11.3 Å². The molecule has 1 aliphatic carbocycles. The van der Waals surface area contributed by atoms with Gasteiger partial charge in [-0.05, 0) is 42.7 Å². The number of aliphatic hydroxyl groups excluding tert-OH is 1. The maximum atomic E-state index is 12.6. The fourth-order valence-corrected chi connectivity index (χ4v) is 3.41. The highest BCUT2D eigenvalue weighted by atomic mass is 32.1. The average molecular weight is 329 g/mol. The van der Waals surface area contributed by atoms with Crippen LogP contribution in [0.1, 0.15) is 44.9 Å². The minimum atomic E-state index is -0.240. The van der Waals surface area contributed by atoms with Gasteiger partial charge < -0.3 is 10.4 Å². The molecule has 4 nitrogen and oxygen atoms in total. The van der Waals surface area contributed by atoms with Crippen molar-refractivity contribution < 1.29 is 14.7 Å². The molecule has 1 unspecified atom stereocenters. The van der Waals surface area contributed by atoms with Crippen molar-refractivity contribution in [2.75, 3.05) is 6.61 Å². The molecular weight excluding hydrogens is 310 g/mol. The van der Waals surface area contributed by atoms with Crippen molar-refractivity contribution in [1.29, 1.82) is 0 Å². The summed E-state index contributed by atoms with van der Waals surface area (Å²) in [6, 6.07) is 10.5. The highest BCUT2D eigenvalue weighted by molar-refractivity contribution is 7.12. The van der Waals surface area contributed by atoms with E-state index in [1.54, 1.807) is 30.3 Å². The van der Waals surface area contributed by atoms with E-state index in [4.69, 9.17) is 5.11 Å². The minimum Gasteiger partial charge on any atom is -0.396 e. The van der Waals surface area contributed by atoms with Crippen LogP contribution in [0.5, 0.6) is 0 Å². The molecule has 1 aromatic heterocycles. The zero-order valence-electron chi connectivity index (χ0n) is 12.7. The summed E-state index contributed by atoms with van der Waals surface area (Å²) < 4.78 is 0. The Balaban J connectivity index is 1.82. The van der Waals surface area contributed by atoms with Crippen molar-refractivity contribution in [2.45, 2.75) is 25.3 Å². The molecule has 1 atom stereocenters. The zero-order valence-corrected chi connectivity index (χ0v) is 13.5. The molecule has 1 aromatic carbocycles. The van der Waals surface area contributed by atoms with E-state index in [-0.39, 0.29) is 24.3 Å². The third-order valence-electron chi connectivity index (χ3n) is 4.11. The number of amides is 1. The molecule has 0 saturated heterocycles. The van der Waals surface area contributed by atoms with Crippen LogP contribution in [0.4, 0.5) is 0 Å². The lowest BCUT2D eigenvalue weighted by Crippen LogP contribution is -2.37. The van der Waals surface area contributed by atoms with Gasteiger partial charge in [-0.25, -0.2) is 0 Å². The first kappa shape index (κ1) is 15.9. The first-order chi connectivity index (χ1) is 11.2. The standard InChI is InChI=1S/C18H19NO3S/c20-10-9-15(12-7-8-12)19-18(22)14-5-2-1-4-13(14)17(21)16-6-3-11-23-16/h1-6,11-12,15,20H,7-10H2,(H,19,22). The predicted molar refractivity (Wildman–Crippen MR) is 89.9 cm³/mol. The minimum absolute atomic E-state index is 0.0163. The van der Waals surface area contributed by atoms with Gasteiger partial charge in [0.15, 0.2) is 0 Å². The predicted octanol–water partition coefficient (Wildman–Crippen LogP) is 2.87. The fraction of sp³-hybridized carbons (Fsp3) is 0.333. The van der Waals surface area contributed by atoms with Gasteiger partial charge in [-0.3, -0.25) is 9.59 Å². The maximum absolute atomic E-state index is 12.6. The van der Waals surface area contributed by atoms with Crippen molar-refractivity contribution in [3.63, 3.8) is 0 Å². The summed E-state index contributed by atoms with van der Waals surface area (Å²) in [4.78, 5) is 25.8. The van der Waals surface area contributed by atoms with Gasteiger partial charge in [0.2, 0.25) is 5.78 Å². The van der Waals surface area contributed by atoms with Gasteiger partial charge in [0.05, 0.1) is 10.4 Å². The summed E-state index contributed by atoms with van der Waals surface area (Å²) in [6.45, 7) is 0.0528. The van der Waals surface area contributed by atoms with Gasteiger partial charge in [0.1, 0.15) is 0 Å². The smallest absolute Gasteiger partial charge is 0.252 e. The Hall–Kier alpha value is -1.98. The van der Waals surface area contributed by atoms with Gasteiger partial charge in [0, 0.05) is 18.2 Å². The van der Waals surface area contributed by atoms with E-state index in [9.17, 15) is 9.59 Å². The highest BCUT2D eigenvalue weighted by Gasteiger charge is 2.32. The molecule has 2 N–H and O–H groups in total. The van der Waals surface area contributed by atoms with Gasteiger partial charge in [0.25, 0.3) is 5.91 Å². The summed E-state index contributed by atoms with van der Waals surface area (Å²) in [5.41, 5.74) is 0.820. The van der Waals surface area contributed by atoms with Crippen molar-refractivity contribution >= 4 is 23.0 Å². The van der Waals surface area contributed by atoms with Crippen molar-refractivity contribution in [3.05, 3.63) is 57.8 Å². The summed E-state index contributed by atoms with van der Waals surface area (Å²) in [5.74, 6) is 0.0815. The second-order valence-electron chi connectivity index (χ2n) is 5.78. The number of hydrogen-bond donors (Lipinski definition) is 2. The molecule has 5 heteroatoms. The molecule has 1 saturated carbocycles. The number of rotatable bonds is 7. The van der Waals surface area contributed by atoms with Gasteiger partial charge in [-0.2, -0.15) is 0 Å².